The second kappa shape index (κ2) is 4.84. The molecule has 1 unspecified atom stereocenters. The summed E-state index contributed by atoms with van der Waals surface area (Å²) in [6.07, 6.45) is 0.892. The highest BCUT2D eigenvalue weighted by Gasteiger charge is 2.55. The highest BCUT2D eigenvalue weighted by atomic mass is 19.1. The van der Waals surface area contributed by atoms with Gasteiger partial charge in [-0.15, -0.1) is 6.42 Å². The average Bonchev–Trinajstić information content (AvgIpc) is 2.67. The first-order chi connectivity index (χ1) is 9.35. The molecule has 0 spiro atoms. The van der Waals surface area contributed by atoms with Crippen molar-refractivity contribution in [3.05, 3.63) is 32.9 Å². The van der Waals surface area contributed by atoms with Gasteiger partial charge in [0.15, 0.2) is 11.8 Å². The molecule has 1 aliphatic heterocycles. The molecule has 0 aliphatic carbocycles. The lowest BCUT2D eigenvalue weighted by atomic mass is 9.93. The summed E-state index contributed by atoms with van der Waals surface area (Å²) in [6, 6.07) is 0. The molecule has 1 aromatic rings. The van der Waals surface area contributed by atoms with E-state index in [1.54, 1.807) is 4.98 Å². The van der Waals surface area contributed by atoms with Gasteiger partial charge in [0.05, 0.1) is 12.8 Å². The number of hydrogen-bond donors (Lipinski definition) is 4. The molecule has 0 bridgehead atoms. The Balaban J connectivity index is 2.51. The summed E-state index contributed by atoms with van der Waals surface area (Å²) in [6.45, 7) is -0.727. The summed E-state index contributed by atoms with van der Waals surface area (Å²) >= 11 is 0. The molecule has 108 valence electrons. The predicted octanol–water partition coefficient (Wildman–Crippen LogP) is -2.71. The Labute approximate surface area is 111 Å². The number of halogens is 1. The van der Waals surface area contributed by atoms with E-state index in [-0.39, 0.29) is 0 Å². The number of H-pyrrole nitrogens is 1. The predicted molar refractivity (Wildman–Crippen MR) is 62.1 cm³/mol. The monoisotopic (exact) mass is 286 g/mol. The quantitative estimate of drug-likeness (QED) is 0.438. The van der Waals surface area contributed by atoms with Crippen molar-refractivity contribution in [1.29, 1.82) is 0 Å². The molecule has 0 saturated carbocycles. The van der Waals surface area contributed by atoms with Crippen LogP contribution in [0.3, 0.4) is 0 Å². The number of aromatic amines is 1. The van der Waals surface area contributed by atoms with Crippen LogP contribution in [0.5, 0.6) is 0 Å². The number of aliphatic hydroxyl groups excluding tert-OH is 2. The maximum Gasteiger partial charge on any atom is 0.330 e. The van der Waals surface area contributed by atoms with Crippen LogP contribution in [0, 0.1) is 18.2 Å². The summed E-state index contributed by atoms with van der Waals surface area (Å²) in [5.74, 6) is 0.595. The SMILES string of the molecule is C#C[C@]1(O)C(O)[C@H](n2cc(F)c(=O)[nH]c2=O)O[C@@H]1CO. The van der Waals surface area contributed by atoms with Crippen molar-refractivity contribution in [2.45, 2.75) is 24.0 Å². The number of ether oxygens (including phenoxy) is 1. The maximum atomic E-state index is 13.2. The first-order valence-electron chi connectivity index (χ1n) is 5.50. The van der Waals surface area contributed by atoms with E-state index in [2.05, 4.69) is 0 Å². The fourth-order valence-corrected chi connectivity index (χ4v) is 1.98. The number of nitrogens with zero attached hydrogens (tertiary/aromatic N) is 1. The smallest absolute Gasteiger partial charge is 0.330 e. The third-order valence-electron chi connectivity index (χ3n) is 3.11. The lowest BCUT2D eigenvalue weighted by Crippen LogP contribution is -2.48. The number of terminal acetylenes is 1. The number of nitrogens with one attached hydrogen (secondary N) is 1. The first-order valence-corrected chi connectivity index (χ1v) is 5.50. The third-order valence-corrected chi connectivity index (χ3v) is 3.11. The second-order valence-corrected chi connectivity index (χ2v) is 4.26. The van der Waals surface area contributed by atoms with Crippen molar-refractivity contribution in [1.82, 2.24) is 9.55 Å². The fourth-order valence-electron chi connectivity index (χ4n) is 1.98. The molecule has 4 atom stereocenters. The zero-order valence-corrected chi connectivity index (χ0v) is 9.99. The number of hydrogen-bond acceptors (Lipinski definition) is 6. The number of aliphatic hydroxyl groups is 3. The molecular formula is C11H11FN2O6. The molecule has 8 nitrogen and oxygen atoms in total. The number of aromatic nitrogens is 2. The van der Waals surface area contributed by atoms with Gasteiger partial charge in [-0.05, 0) is 0 Å². The second-order valence-electron chi connectivity index (χ2n) is 4.26. The Bertz CT molecular complexity index is 677. The van der Waals surface area contributed by atoms with Crippen LogP contribution in [0.15, 0.2) is 15.8 Å². The van der Waals surface area contributed by atoms with E-state index < -0.39 is 47.7 Å². The van der Waals surface area contributed by atoms with Crippen LogP contribution in [-0.4, -0.2) is 49.3 Å². The van der Waals surface area contributed by atoms with Gasteiger partial charge in [-0.3, -0.25) is 14.3 Å². The first kappa shape index (κ1) is 14.4. The van der Waals surface area contributed by atoms with Crippen LogP contribution in [0.4, 0.5) is 4.39 Å². The van der Waals surface area contributed by atoms with Crippen molar-refractivity contribution in [2.24, 2.45) is 0 Å². The Morgan fingerprint density at radius 1 is 1.60 bits per heavy atom. The van der Waals surface area contributed by atoms with Gasteiger partial charge in [0.25, 0.3) is 5.56 Å². The van der Waals surface area contributed by atoms with Crippen LogP contribution in [0.1, 0.15) is 6.23 Å². The number of rotatable bonds is 2. The standard InChI is InChI=1S/C11H11FN2O6/c1-2-11(19)6(4-15)20-9(7(11)16)14-3-5(12)8(17)13-10(14)18/h1,3,6-7,9,15-16,19H,4H2,(H,13,17,18)/t6-,7?,9-,11-/m1/s1. The van der Waals surface area contributed by atoms with E-state index in [9.17, 15) is 24.2 Å². The van der Waals surface area contributed by atoms with Gasteiger partial charge in [0.2, 0.25) is 5.82 Å². The zero-order valence-electron chi connectivity index (χ0n) is 9.99. The Kier molecular flexibility index (Phi) is 3.49. The average molecular weight is 286 g/mol. The van der Waals surface area contributed by atoms with Crippen LogP contribution in [0.2, 0.25) is 0 Å². The van der Waals surface area contributed by atoms with Gasteiger partial charge in [-0.25, -0.2) is 4.79 Å². The molecule has 4 N–H and O–H groups in total. The lowest BCUT2D eigenvalue weighted by molar-refractivity contribution is -0.0626. The van der Waals surface area contributed by atoms with Crippen LogP contribution < -0.4 is 11.2 Å². The minimum Gasteiger partial charge on any atom is -0.394 e. The molecule has 1 saturated heterocycles. The molecule has 1 aliphatic rings. The highest BCUT2D eigenvalue weighted by molar-refractivity contribution is 5.19. The van der Waals surface area contributed by atoms with E-state index in [0.717, 1.165) is 0 Å². The van der Waals surface area contributed by atoms with Crippen molar-refractivity contribution in [2.75, 3.05) is 6.61 Å². The van der Waals surface area contributed by atoms with Gasteiger partial charge >= 0.3 is 5.69 Å². The molecule has 2 rings (SSSR count). The molecule has 20 heavy (non-hydrogen) atoms. The summed E-state index contributed by atoms with van der Waals surface area (Å²) < 4.78 is 18.8. The van der Waals surface area contributed by atoms with Gasteiger partial charge in [0.1, 0.15) is 12.2 Å². The van der Waals surface area contributed by atoms with Gasteiger partial charge < -0.3 is 20.1 Å². The van der Waals surface area contributed by atoms with E-state index in [1.807, 2.05) is 5.92 Å². The molecule has 0 amide bonds. The summed E-state index contributed by atoms with van der Waals surface area (Å²) in [4.78, 5) is 24.2. The van der Waals surface area contributed by atoms with Crippen LogP contribution in [0.25, 0.3) is 0 Å². The van der Waals surface area contributed by atoms with Gasteiger partial charge in [-0.1, -0.05) is 5.92 Å². The summed E-state index contributed by atoms with van der Waals surface area (Å²) in [7, 11) is 0. The maximum absolute atomic E-state index is 13.2. The Hall–Kier alpha value is -1.99. The van der Waals surface area contributed by atoms with E-state index >= 15 is 0 Å². The van der Waals surface area contributed by atoms with E-state index in [1.165, 1.54) is 0 Å². The van der Waals surface area contributed by atoms with Crippen molar-refractivity contribution < 1.29 is 24.4 Å². The van der Waals surface area contributed by atoms with Crippen LogP contribution in [-0.2, 0) is 4.74 Å². The largest absolute Gasteiger partial charge is 0.394 e. The van der Waals surface area contributed by atoms with Gasteiger partial charge in [-0.2, -0.15) is 4.39 Å². The molecule has 1 aromatic heterocycles. The van der Waals surface area contributed by atoms with E-state index in [4.69, 9.17) is 16.3 Å². The van der Waals surface area contributed by atoms with Gasteiger partial charge in [0, 0.05) is 0 Å². The van der Waals surface area contributed by atoms with Crippen molar-refractivity contribution in [3.8, 4) is 12.3 Å². The van der Waals surface area contributed by atoms with Crippen molar-refractivity contribution in [3.63, 3.8) is 0 Å². The summed E-state index contributed by atoms with van der Waals surface area (Å²) in [5, 5.41) is 29.0. The topological polar surface area (TPSA) is 125 Å². The summed E-state index contributed by atoms with van der Waals surface area (Å²) in [5.41, 5.74) is -4.53. The molecular weight excluding hydrogens is 275 g/mol. The molecule has 1 fully saturated rings. The van der Waals surface area contributed by atoms with Crippen LogP contribution >= 0.6 is 0 Å². The highest BCUT2D eigenvalue weighted by Crippen LogP contribution is 2.35. The minimum atomic E-state index is -2.24. The lowest BCUT2D eigenvalue weighted by Gasteiger charge is -2.23. The fraction of sp³-hybridized carbons (Fsp3) is 0.455. The minimum absolute atomic E-state index is 0.520. The molecule has 0 radical (unpaired) electrons. The Morgan fingerprint density at radius 2 is 2.25 bits per heavy atom. The zero-order chi connectivity index (χ0) is 15.1. The molecule has 9 heteroatoms. The molecule has 0 aromatic carbocycles. The van der Waals surface area contributed by atoms with Crippen molar-refractivity contribution >= 4 is 0 Å². The third kappa shape index (κ3) is 1.95. The molecule has 2 heterocycles. The van der Waals surface area contributed by atoms with E-state index in [0.29, 0.717) is 10.8 Å². The Morgan fingerprint density at radius 3 is 2.75 bits per heavy atom. The normalized spacial score (nSPS) is 33.0.